The quantitative estimate of drug-likeness (QED) is 0.789. The van der Waals surface area contributed by atoms with Crippen LogP contribution in [-0.4, -0.2) is 17.3 Å². The minimum Gasteiger partial charge on any atom is -0.497 e. The van der Waals surface area contributed by atoms with E-state index in [-0.39, 0.29) is 0 Å². The Hall–Kier alpha value is -2.82. The van der Waals surface area contributed by atoms with E-state index in [9.17, 15) is 0 Å². The molecule has 0 saturated carbocycles. The van der Waals surface area contributed by atoms with Crippen molar-refractivity contribution in [1.82, 2.24) is 10.1 Å². The van der Waals surface area contributed by atoms with E-state index in [1.807, 2.05) is 42.5 Å². The molecule has 0 saturated heterocycles. The van der Waals surface area contributed by atoms with Crippen molar-refractivity contribution >= 4 is 5.82 Å². The molecule has 0 aliphatic rings. The zero-order chi connectivity index (χ0) is 13.9. The first-order valence-corrected chi connectivity index (χ1v) is 6.10. The Morgan fingerprint density at radius 3 is 2.80 bits per heavy atom. The lowest BCUT2D eigenvalue weighted by Crippen LogP contribution is -1.91. The number of nitrogens with two attached hydrogens (primary N) is 1. The summed E-state index contributed by atoms with van der Waals surface area (Å²) in [7, 11) is 1.62. The zero-order valence-electron chi connectivity index (χ0n) is 10.9. The summed E-state index contributed by atoms with van der Waals surface area (Å²) in [6.07, 6.45) is 1.71. The number of ether oxygens (including phenoxy) is 1. The highest BCUT2D eigenvalue weighted by Gasteiger charge is 2.18. The second-order valence-corrected chi connectivity index (χ2v) is 4.22. The first-order chi connectivity index (χ1) is 9.79. The summed E-state index contributed by atoms with van der Waals surface area (Å²) in [5, 5.41) is 3.85. The lowest BCUT2D eigenvalue weighted by atomic mass is 10.1. The second kappa shape index (κ2) is 5.05. The van der Waals surface area contributed by atoms with Crippen LogP contribution in [0.15, 0.2) is 53.2 Å². The third-order valence-electron chi connectivity index (χ3n) is 2.97. The predicted molar refractivity (Wildman–Crippen MR) is 76.1 cm³/mol. The van der Waals surface area contributed by atoms with Crippen molar-refractivity contribution < 1.29 is 9.26 Å². The second-order valence-electron chi connectivity index (χ2n) is 4.22. The van der Waals surface area contributed by atoms with Gasteiger partial charge in [0.2, 0.25) is 0 Å². The van der Waals surface area contributed by atoms with Crippen LogP contribution in [0.1, 0.15) is 0 Å². The first kappa shape index (κ1) is 12.2. The molecule has 1 aromatic carbocycles. The Balaban J connectivity index is 2.16. The molecule has 0 unspecified atom stereocenters. The summed E-state index contributed by atoms with van der Waals surface area (Å²) >= 11 is 0. The van der Waals surface area contributed by atoms with Gasteiger partial charge >= 0.3 is 0 Å². The summed E-state index contributed by atoms with van der Waals surface area (Å²) in [6, 6.07) is 13.1. The van der Waals surface area contributed by atoms with Crippen LogP contribution in [0.2, 0.25) is 0 Å². The third kappa shape index (κ3) is 2.09. The lowest BCUT2D eigenvalue weighted by Gasteiger charge is -2.04. The number of nitrogens with zero attached hydrogens (tertiary/aromatic N) is 2. The minimum atomic E-state index is 0.321. The Labute approximate surface area is 116 Å². The van der Waals surface area contributed by atoms with Gasteiger partial charge < -0.3 is 15.0 Å². The molecule has 0 spiro atoms. The summed E-state index contributed by atoms with van der Waals surface area (Å²) in [4.78, 5) is 4.30. The molecule has 2 aromatic heterocycles. The van der Waals surface area contributed by atoms with Crippen LogP contribution in [-0.2, 0) is 0 Å². The van der Waals surface area contributed by atoms with Gasteiger partial charge in [0.05, 0.1) is 18.4 Å². The van der Waals surface area contributed by atoms with E-state index in [0.717, 1.165) is 17.0 Å². The Kier molecular flexibility index (Phi) is 3.09. The fraction of sp³-hybridized carbons (Fsp3) is 0.0667. The van der Waals surface area contributed by atoms with Crippen LogP contribution in [0.5, 0.6) is 5.75 Å². The fourth-order valence-electron chi connectivity index (χ4n) is 2.02. The number of anilines is 1. The first-order valence-electron chi connectivity index (χ1n) is 6.10. The molecule has 100 valence electrons. The molecule has 0 aliphatic carbocycles. The van der Waals surface area contributed by atoms with E-state index in [0.29, 0.717) is 17.1 Å². The van der Waals surface area contributed by atoms with Gasteiger partial charge in [-0.05, 0) is 24.3 Å². The molecule has 0 aliphatic heterocycles. The van der Waals surface area contributed by atoms with Gasteiger partial charge in [-0.1, -0.05) is 23.4 Å². The molecule has 20 heavy (non-hydrogen) atoms. The van der Waals surface area contributed by atoms with Gasteiger partial charge in [-0.3, -0.25) is 4.98 Å². The van der Waals surface area contributed by atoms with Gasteiger partial charge in [-0.25, -0.2) is 0 Å². The number of aromatic nitrogens is 2. The zero-order valence-corrected chi connectivity index (χ0v) is 10.9. The van der Waals surface area contributed by atoms with E-state index in [2.05, 4.69) is 10.1 Å². The maximum absolute atomic E-state index is 5.91. The maximum Gasteiger partial charge on any atom is 0.178 e. The molecule has 0 atom stereocenters. The number of rotatable bonds is 3. The highest BCUT2D eigenvalue weighted by Crippen LogP contribution is 2.36. The standard InChI is InChI=1S/C15H13N3O2/c1-19-11-6-4-5-10(9-11)14-13(15(16)18-20-14)12-7-2-3-8-17-12/h2-9H,1H3,(H2,16,18). The van der Waals surface area contributed by atoms with Crippen molar-refractivity contribution in [2.45, 2.75) is 0 Å². The monoisotopic (exact) mass is 267 g/mol. The van der Waals surface area contributed by atoms with Crippen LogP contribution >= 0.6 is 0 Å². The highest BCUT2D eigenvalue weighted by molar-refractivity contribution is 5.85. The van der Waals surface area contributed by atoms with E-state index in [1.54, 1.807) is 13.3 Å². The molecule has 0 amide bonds. The number of benzene rings is 1. The molecule has 3 aromatic rings. The Bertz CT molecular complexity index is 723. The van der Waals surface area contributed by atoms with Crippen molar-refractivity contribution in [2.24, 2.45) is 0 Å². The van der Waals surface area contributed by atoms with Crippen LogP contribution in [0.25, 0.3) is 22.6 Å². The van der Waals surface area contributed by atoms with E-state index in [4.69, 9.17) is 15.0 Å². The number of pyridine rings is 1. The summed E-state index contributed by atoms with van der Waals surface area (Å²) in [5.41, 5.74) is 8.17. The number of hydrogen-bond donors (Lipinski definition) is 1. The lowest BCUT2D eigenvalue weighted by molar-refractivity contribution is 0.413. The molecule has 5 nitrogen and oxygen atoms in total. The smallest absolute Gasteiger partial charge is 0.178 e. The van der Waals surface area contributed by atoms with Gasteiger partial charge in [0, 0.05) is 11.8 Å². The predicted octanol–water partition coefficient (Wildman–Crippen LogP) is 2.99. The van der Waals surface area contributed by atoms with Crippen molar-refractivity contribution in [3.05, 3.63) is 48.7 Å². The van der Waals surface area contributed by atoms with Crippen LogP contribution in [0.3, 0.4) is 0 Å². The Morgan fingerprint density at radius 2 is 2.05 bits per heavy atom. The molecule has 2 heterocycles. The van der Waals surface area contributed by atoms with Crippen molar-refractivity contribution in [1.29, 1.82) is 0 Å². The van der Waals surface area contributed by atoms with E-state index >= 15 is 0 Å². The van der Waals surface area contributed by atoms with E-state index in [1.165, 1.54) is 0 Å². The Morgan fingerprint density at radius 1 is 1.15 bits per heavy atom. The minimum absolute atomic E-state index is 0.321. The van der Waals surface area contributed by atoms with Crippen LogP contribution in [0, 0.1) is 0 Å². The van der Waals surface area contributed by atoms with Crippen molar-refractivity contribution in [3.63, 3.8) is 0 Å². The summed E-state index contributed by atoms with van der Waals surface area (Å²) in [6.45, 7) is 0. The average molecular weight is 267 g/mol. The SMILES string of the molecule is COc1cccc(-c2onc(N)c2-c2ccccn2)c1. The molecule has 0 bridgehead atoms. The highest BCUT2D eigenvalue weighted by atomic mass is 16.5. The topological polar surface area (TPSA) is 74.2 Å². The van der Waals surface area contributed by atoms with Gasteiger partial charge in [0.25, 0.3) is 0 Å². The number of nitrogen functional groups attached to an aromatic ring is 1. The summed E-state index contributed by atoms with van der Waals surface area (Å²) in [5.74, 6) is 1.64. The molecular weight excluding hydrogens is 254 g/mol. The van der Waals surface area contributed by atoms with Crippen LogP contribution in [0.4, 0.5) is 5.82 Å². The van der Waals surface area contributed by atoms with Crippen LogP contribution < -0.4 is 10.5 Å². The summed E-state index contributed by atoms with van der Waals surface area (Å²) < 4.78 is 10.6. The molecule has 2 N–H and O–H groups in total. The number of methoxy groups -OCH3 is 1. The van der Waals surface area contributed by atoms with E-state index < -0.39 is 0 Å². The number of hydrogen-bond acceptors (Lipinski definition) is 5. The van der Waals surface area contributed by atoms with Gasteiger partial charge in [0.1, 0.15) is 5.75 Å². The third-order valence-corrected chi connectivity index (χ3v) is 2.97. The van der Waals surface area contributed by atoms with Gasteiger partial charge in [-0.15, -0.1) is 0 Å². The molecule has 0 radical (unpaired) electrons. The maximum atomic E-state index is 5.91. The fourth-order valence-corrected chi connectivity index (χ4v) is 2.02. The van der Waals surface area contributed by atoms with Gasteiger partial charge in [-0.2, -0.15) is 0 Å². The largest absolute Gasteiger partial charge is 0.497 e. The molecule has 0 fully saturated rings. The molecular formula is C15H13N3O2. The van der Waals surface area contributed by atoms with Crippen molar-refractivity contribution in [3.8, 4) is 28.3 Å². The van der Waals surface area contributed by atoms with Crippen molar-refractivity contribution in [2.75, 3.05) is 12.8 Å². The average Bonchev–Trinajstić information content (AvgIpc) is 2.90. The van der Waals surface area contributed by atoms with Gasteiger partial charge in [0.15, 0.2) is 11.6 Å². The normalized spacial score (nSPS) is 10.4. The molecule has 3 rings (SSSR count). The molecule has 5 heteroatoms.